The number of halogens is 1. The Balaban J connectivity index is 2.04. The van der Waals surface area contributed by atoms with Crippen LogP contribution in [0.1, 0.15) is 16.5 Å². The molecule has 3 nitrogen and oxygen atoms in total. The molecular weight excluding hydrogens is 326 g/mol. The molecule has 1 aromatic carbocycles. The molecular formula is C15H14ClNO2S2. The minimum Gasteiger partial charge on any atom is -0.493 e. The topological polar surface area (TPSA) is 44.5 Å². The predicted molar refractivity (Wildman–Crippen MR) is 90.3 cm³/mol. The standard InChI is InChI=1S/C15H14ClNO2S2/c1-18-10-5-8(9(16)6-11(10)19-2)15(17)14-7-13-12(21-14)3-4-20-13/h3-7,15H,17H2,1-2H3. The van der Waals surface area contributed by atoms with Crippen molar-refractivity contribution < 1.29 is 9.47 Å². The molecule has 0 spiro atoms. The molecule has 110 valence electrons. The van der Waals surface area contributed by atoms with Crippen LogP contribution >= 0.6 is 34.3 Å². The van der Waals surface area contributed by atoms with Crippen molar-refractivity contribution in [3.8, 4) is 11.5 Å². The van der Waals surface area contributed by atoms with E-state index in [0.29, 0.717) is 16.5 Å². The van der Waals surface area contributed by atoms with Crippen molar-refractivity contribution in [3.63, 3.8) is 0 Å². The average Bonchev–Trinajstić information content (AvgIpc) is 3.07. The molecule has 0 fully saturated rings. The van der Waals surface area contributed by atoms with Gasteiger partial charge in [-0.1, -0.05) is 11.6 Å². The highest BCUT2D eigenvalue weighted by atomic mass is 35.5. The van der Waals surface area contributed by atoms with Gasteiger partial charge in [0.25, 0.3) is 0 Å². The van der Waals surface area contributed by atoms with E-state index < -0.39 is 0 Å². The predicted octanol–water partition coefficient (Wildman–Crippen LogP) is 4.68. The fourth-order valence-electron chi connectivity index (χ4n) is 2.20. The van der Waals surface area contributed by atoms with Crippen LogP contribution < -0.4 is 15.2 Å². The number of nitrogens with two attached hydrogens (primary N) is 1. The van der Waals surface area contributed by atoms with Crippen LogP contribution in [-0.2, 0) is 0 Å². The summed E-state index contributed by atoms with van der Waals surface area (Å²) in [6, 6.07) is 7.55. The highest BCUT2D eigenvalue weighted by Gasteiger charge is 2.19. The summed E-state index contributed by atoms with van der Waals surface area (Å²) in [5.74, 6) is 1.23. The monoisotopic (exact) mass is 339 g/mol. The molecule has 21 heavy (non-hydrogen) atoms. The minimum absolute atomic E-state index is 0.276. The van der Waals surface area contributed by atoms with Crippen molar-refractivity contribution in [1.29, 1.82) is 0 Å². The van der Waals surface area contributed by atoms with E-state index in [1.165, 1.54) is 9.40 Å². The molecule has 2 heterocycles. The molecule has 3 rings (SSSR count). The molecule has 2 N–H and O–H groups in total. The SMILES string of the molecule is COc1cc(Cl)c(C(N)c2cc3sccc3s2)cc1OC. The van der Waals surface area contributed by atoms with Crippen molar-refractivity contribution in [2.45, 2.75) is 6.04 Å². The maximum Gasteiger partial charge on any atom is 0.162 e. The van der Waals surface area contributed by atoms with Crippen molar-refractivity contribution in [2.75, 3.05) is 14.2 Å². The number of hydrogen-bond acceptors (Lipinski definition) is 5. The second kappa shape index (κ2) is 5.85. The number of rotatable bonds is 4. The zero-order chi connectivity index (χ0) is 15.0. The van der Waals surface area contributed by atoms with E-state index >= 15 is 0 Å². The molecule has 0 bridgehead atoms. The van der Waals surface area contributed by atoms with Gasteiger partial charge in [0.2, 0.25) is 0 Å². The first-order valence-electron chi connectivity index (χ1n) is 6.28. The first kappa shape index (κ1) is 14.7. The highest BCUT2D eigenvalue weighted by molar-refractivity contribution is 7.27. The van der Waals surface area contributed by atoms with Crippen LogP contribution in [0.5, 0.6) is 11.5 Å². The lowest BCUT2D eigenvalue weighted by Gasteiger charge is -2.15. The number of fused-ring (bicyclic) bond motifs is 1. The first-order valence-corrected chi connectivity index (χ1v) is 8.35. The van der Waals surface area contributed by atoms with Gasteiger partial charge >= 0.3 is 0 Å². The van der Waals surface area contributed by atoms with Gasteiger partial charge in [-0.2, -0.15) is 0 Å². The van der Waals surface area contributed by atoms with Crippen LogP contribution in [0, 0.1) is 0 Å². The molecule has 0 saturated carbocycles. The first-order chi connectivity index (χ1) is 10.1. The van der Waals surface area contributed by atoms with Gasteiger partial charge in [0.15, 0.2) is 11.5 Å². The molecule has 0 amide bonds. The fraction of sp³-hybridized carbons (Fsp3) is 0.200. The van der Waals surface area contributed by atoms with E-state index in [0.717, 1.165) is 10.4 Å². The maximum absolute atomic E-state index is 6.39. The Labute approximate surface area is 135 Å². The molecule has 3 aromatic rings. The van der Waals surface area contributed by atoms with Crippen molar-refractivity contribution in [3.05, 3.63) is 45.1 Å². The van der Waals surface area contributed by atoms with Gasteiger partial charge in [0.1, 0.15) is 0 Å². The Morgan fingerprint density at radius 3 is 2.48 bits per heavy atom. The van der Waals surface area contributed by atoms with Gasteiger partial charge in [0, 0.05) is 25.4 Å². The Kier molecular flexibility index (Phi) is 4.08. The van der Waals surface area contributed by atoms with Gasteiger partial charge in [0.05, 0.1) is 20.3 Å². The second-order valence-corrected chi connectivity index (χ2v) is 6.97. The summed E-state index contributed by atoms with van der Waals surface area (Å²) in [6.07, 6.45) is 0. The average molecular weight is 340 g/mol. The van der Waals surface area contributed by atoms with Crippen LogP contribution in [0.15, 0.2) is 29.6 Å². The number of methoxy groups -OCH3 is 2. The Morgan fingerprint density at radius 1 is 1.10 bits per heavy atom. The molecule has 2 aromatic heterocycles. The molecule has 0 aliphatic carbocycles. The van der Waals surface area contributed by atoms with Gasteiger partial charge in [-0.3, -0.25) is 0 Å². The quantitative estimate of drug-likeness (QED) is 0.750. The summed E-state index contributed by atoms with van der Waals surface area (Å²) in [5, 5.41) is 2.66. The fourth-order valence-corrected chi connectivity index (χ4v) is 4.61. The number of benzene rings is 1. The van der Waals surface area contributed by atoms with Gasteiger partial charge in [-0.15, -0.1) is 22.7 Å². The summed E-state index contributed by atoms with van der Waals surface area (Å²) in [6.45, 7) is 0. The van der Waals surface area contributed by atoms with E-state index in [2.05, 4.69) is 17.5 Å². The maximum atomic E-state index is 6.39. The van der Waals surface area contributed by atoms with E-state index in [1.807, 2.05) is 6.07 Å². The molecule has 6 heteroatoms. The smallest absolute Gasteiger partial charge is 0.162 e. The number of hydrogen-bond donors (Lipinski definition) is 1. The Hall–Kier alpha value is -1.27. The van der Waals surface area contributed by atoms with Crippen LogP contribution in [0.25, 0.3) is 9.40 Å². The lowest BCUT2D eigenvalue weighted by atomic mass is 10.1. The third-order valence-corrected chi connectivity index (χ3v) is 5.81. The third kappa shape index (κ3) is 2.62. The molecule has 1 unspecified atom stereocenters. The van der Waals surface area contributed by atoms with E-state index in [4.69, 9.17) is 26.8 Å². The normalized spacial score (nSPS) is 12.6. The van der Waals surface area contributed by atoms with Gasteiger partial charge in [-0.05, 0) is 29.1 Å². The zero-order valence-corrected chi connectivity index (χ0v) is 13.9. The van der Waals surface area contributed by atoms with Crippen LogP contribution in [0.3, 0.4) is 0 Å². The third-order valence-electron chi connectivity index (χ3n) is 3.30. The molecule has 0 aliphatic rings. The minimum atomic E-state index is -0.276. The molecule has 0 aliphatic heterocycles. The van der Waals surface area contributed by atoms with Gasteiger partial charge < -0.3 is 15.2 Å². The summed E-state index contributed by atoms with van der Waals surface area (Å²) < 4.78 is 13.1. The van der Waals surface area contributed by atoms with E-state index in [1.54, 1.807) is 43.0 Å². The van der Waals surface area contributed by atoms with E-state index in [-0.39, 0.29) is 6.04 Å². The zero-order valence-electron chi connectivity index (χ0n) is 11.6. The van der Waals surface area contributed by atoms with Crippen molar-refractivity contribution in [2.24, 2.45) is 5.73 Å². The Bertz CT molecular complexity index is 753. The van der Waals surface area contributed by atoms with Crippen LogP contribution in [0.2, 0.25) is 5.02 Å². The highest BCUT2D eigenvalue weighted by Crippen LogP contribution is 2.40. The lowest BCUT2D eigenvalue weighted by molar-refractivity contribution is 0.354. The van der Waals surface area contributed by atoms with Crippen molar-refractivity contribution in [1.82, 2.24) is 0 Å². The second-order valence-electron chi connectivity index (χ2n) is 4.50. The molecule has 0 saturated heterocycles. The number of ether oxygens (including phenoxy) is 2. The summed E-state index contributed by atoms with van der Waals surface area (Å²) >= 11 is 9.76. The molecule has 1 atom stereocenters. The largest absolute Gasteiger partial charge is 0.493 e. The summed E-state index contributed by atoms with van der Waals surface area (Å²) in [7, 11) is 3.18. The lowest BCUT2D eigenvalue weighted by Crippen LogP contribution is -2.11. The van der Waals surface area contributed by atoms with Gasteiger partial charge in [-0.25, -0.2) is 0 Å². The summed E-state index contributed by atoms with van der Waals surface area (Å²) in [4.78, 5) is 1.09. The van der Waals surface area contributed by atoms with Crippen molar-refractivity contribution >= 4 is 43.7 Å². The Morgan fingerprint density at radius 2 is 1.81 bits per heavy atom. The number of thiophene rings is 2. The van der Waals surface area contributed by atoms with Crippen LogP contribution in [-0.4, -0.2) is 14.2 Å². The van der Waals surface area contributed by atoms with E-state index in [9.17, 15) is 0 Å². The van der Waals surface area contributed by atoms with Crippen LogP contribution in [0.4, 0.5) is 0 Å². The molecule has 0 radical (unpaired) electrons. The summed E-state index contributed by atoms with van der Waals surface area (Å²) in [5.41, 5.74) is 7.23.